The number of hydrogen-bond donors (Lipinski definition) is 3. The first-order valence-electron chi connectivity index (χ1n) is 2.87. The molecule has 3 N–H and O–H groups in total. The van der Waals surface area contributed by atoms with Crippen LogP contribution in [0.5, 0.6) is 0 Å². The number of benzene rings is 1. The van der Waals surface area contributed by atoms with Crippen LogP contribution in [-0.4, -0.2) is 14.7 Å². The van der Waals surface area contributed by atoms with Crippen LogP contribution in [0, 0.1) is 0 Å². The molecule has 0 aliphatic heterocycles. The first-order chi connectivity index (χ1) is 5.39. The van der Waals surface area contributed by atoms with Crippen LogP contribution < -0.4 is 4.46 Å². The third-order valence-corrected chi connectivity index (χ3v) is 1.09. The molecular formula is C6H8FeO4P. The minimum absolute atomic E-state index is 1.07. The molecule has 0 bridgehead atoms. The van der Waals surface area contributed by atoms with E-state index in [9.17, 15) is 0 Å². The summed E-state index contributed by atoms with van der Waals surface area (Å²) >= 11 is 3.72. The quantitative estimate of drug-likeness (QED) is 0.431. The van der Waals surface area contributed by atoms with Crippen molar-refractivity contribution in [3.63, 3.8) is 0 Å². The van der Waals surface area contributed by atoms with Gasteiger partial charge in [-0.2, -0.15) is 0 Å². The van der Waals surface area contributed by atoms with Crippen molar-refractivity contribution in [2.75, 3.05) is 0 Å². The van der Waals surface area contributed by atoms with Gasteiger partial charge in [0.25, 0.3) is 0 Å². The van der Waals surface area contributed by atoms with Crippen LogP contribution in [-0.2, 0) is 20.6 Å². The molecule has 0 atom stereocenters. The van der Waals surface area contributed by atoms with Gasteiger partial charge in [0.15, 0.2) is 0 Å². The van der Waals surface area contributed by atoms with E-state index < -0.39 is 7.82 Å². The van der Waals surface area contributed by atoms with Gasteiger partial charge in [-0.1, -0.05) is 0 Å². The Morgan fingerprint density at radius 2 is 1.42 bits per heavy atom. The van der Waals surface area contributed by atoms with Crippen molar-refractivity contribution >= 4 is 12.3 Å². The molecule has 0 aliphatic carbocycles. The first kappa shape index (κ1) is 11.8. The Balaban J connectivity index is 0.000000217. The molecule has 4 nitrogen and oxygen atoms in total. The molecule has 0 spiro atoms. The van der Waals surface area contributed by atoms with E-state index in [-0.39, 0.29) is 0 Å². The van der Waals surface area contributed by atoms with Crippen molar-refractivity contribution in [2.24, 2.45) is 0 Å². The van der Waals surface area contributed by atoms with Crippen molar-refractivity contribution in [1.29, 1.82) is 0 Å². The van der Waals surface area contributed by atoms with Crippen LogP contribution in [0.15, 0.2) is 30.3 Å². The number of rotatable bonds is 0. The SMILES string of the molecule is O=P(O)(O)O.[Fe][c]1ccccc1. The maximum atomic E-state index is 8.88. The van der Waals surface area contributed by atoms with Crippen LogP contribution in [0.1, 0.15) is 0 Å². The van der Waals surface area contributed by atoms with Gasteiger partial charge in [0.05, 0.1) is 0 Å². The van der Waals surface area contributed by atoms with E-state index in [1.54, 1.807) is 0 Å². The molecule has 1 rings (SSSR count). The molecule has 0 aromatic heterocycles. The van der Waals surface area contributed by atoms with Gasteiger partial charge in [-0.05, 0) is 0 Å². The molecule has 1 aromatic rings. The van der Waals surface area contributed by atoms with Gasteiger partial charge in [-0.3, -0.25) is 0 Å². The van der Waals surface area contributed by atoms with Gasteiger partial charge >= 0.3 is 58.6 Å². The fraction of sp³-hybridized carbons (Fsp3) is 0. The summed E-state index contributed by atoms with van der Waals surface area (Å²) in [5.41, 5.74) is 0. The van der Waals surface area contributed by atoms with E-state index in [0.717, 1.165) is 4.46 Å². The Bertz CT molecular complexity index is 249. The summed E-state index contributed by atoms with van der Waals surface area (Å²) in [7, 11) is -4.64. The predicted molar refractivity (Wildman–Crippen MR) is 40.3 cm³/mol. The summed E-state index contributed by atoms with van der Waals surface area (Å²) in [6.07, 6.45) is 0. The summed E-state index contributed by atoms with van der Waals surface area (Å²) in [5.74, 6) is 0. The van der Waals surface area contributed by atoms with E-state index >= 15 is 0 Å². The Morgan fingerprint density at radius 1 is 1.08 bits per heavy atom. The molecule has 0 amide bonds. The Labute approximate surface area is 78.3 Å². The topological polar surface area (TPSA) is 77.8 Å². The zero-order valence-corrected chi connectivity index (χ0v) is 7.94. The minimum atomic E-state index is -4.64. The molecule has 0 unspecified atom stereocenters. The fourth-order valence-corrected chi connectivity index (χ4v) is 0.622. The van der Waals surface area contributed by atoms with Gasteiger partial charge in [0.1, 0.15) is 0 Å². The Morgan fingerprint density at radius 3 is 1.58 bits per heavy atom. The zero-order valence-electron chi connectivity index (χ0n) is 5.94. The normalized spacial score (nSPS) is 10.0. The second-order valence-electron chi connectivity index (χ2n) is 1.79. The van der Waals surface area contributed by atoms with Crippen LogP contribution in [0.2, 0.25) is 0 Å². The van der Waals surface area contributed by atoms with Crippen molar-refractivity contribution in [2.45, 2.75) is 0 Å². The third kappa shape index (κ3) is 12.5. The van der Waals surface area contributed by atoms with Crippen LogP contribution in [0.25, 0.3) is 0 Å². The van der Waals surface area contributed by atoms with Crippen LogP contribution >= 0.6 is 7.82 Å². The monoisotopic (exact) mass is 231 g/mol. The summed E-state index contributed by atoms with van der Waals surface area (Å²) in [4.78, 5) is 21.6. The predicted octanol–water partition coefficient (Wildman–Crippen LogP) is -0.0699. The van der Waals surface area contributed by atoms with Crippen LogP contribution in [0.3, 0.4) is 0 Å². The molecule has 0 saturated heterocycles. The van der Waals surface area contributed by atoms with Gasteiger partial charge < -0.3 is 14.7 Å². The van der Waals surface area contributed by atoms with Crippen molar-refractivity contribution in [3.05, 3.63) is 30.3 Å². The van der Waals surface area contributed by atoms with E-state index in [1.807, 2.05) is 30.3 Å². The summed E-state index contributed by atoms with van der Waals surface area (Å²) in [6.45, 7) is 0. The van der Waals surface area contributed by atoms with E-state index in [4.69, 9.17) is 19.2 Å². The molecular weight excluding hydrogens is 223 g/mol. The molecule has 1 aromatic carbocycles. The fourth-order valence-electron chi connectivity index (χ4n) is 0.410. The molecule has 0 radical (unpaired) electrons. The standard InChI is InChI=1S/C6H5.Fe.H3O4P/c1-2-4-6-5-3-1;;1-5(2,3)4/h1-5H;;(H3,1,2,3,4). The van der Waals surface area contributed by atoms with Gasteiger partial charge in [0.2, 0.25) is 0 Å². The molecule has 0 heterocycles. The molecule has 69 valence electrons. The molecule has 12 heavy (non-hydrogen) atoms. The summed E-state index contributed by atoms with van der Waals surface area (Å²) < 4.78 is 9.95. The maximum absolute atomic E-state index is 8.88. The second-order valence-corrected chi connectivity index (χ2v) is 3.46. The Hall–Kier alpha value is -0.151. The Kier molecular flexibility index (Phi) is 5.42. The van der Waals surface area contributed by atoms with Gasteiger partial charge in [-0.25, -0.2) is 4.57 Å². The molecule has 0 aliphatic rings. The van der Waals surface area contributed by atoms with Crippen molar-refractivity contribution in [1.82, 2.24) is 0 Å². The third-order valence-electron chi connectivity index (χ3n) is 0.725. The van der Waals surface area contributed by atoms with Crippen LogP contribution in [0.4, 0.5) is 0 Å². The first-order valence-corrected chi connectivity index (χ1v) is 4.99. The molecule has 0 saturated carbocycles. The van der Waals surface area contributed by atoms with Crippen molar-refractivity contribution in [3.8, 4) is 0 Å². The van der Waals surface area contributed by atoms with Gasteiger partial charge in [0, 0.05) is 0 Å². The van der Waals surface area contributed by atoms with Crippen molar-refractivity contribution < 1.29 is 35.3 Å². The summed E-state index contributed by atoms with van der Waals surface area (Å²) in [5, 5.41) is 0. The van der Waals surface area contributed by atoms with E-state index in [2.05, 4.69) is 16.0 Å². The average molecular weight is 231 g/mol. The number of phosphoric acid groups is 1. The zero-order chi connectivity index (χ0) is 9.61. The molecule has 0 fully saturated rings. The van der Waals surface area contributed by atoms with Gasteiger partial charge in [-0.15, -0.1) is 0 Å². The summed E-state index contributed by atoms with van der Waals surface area (Å²) in [6, 6.07) is 9.87. The second kappa shape index (κ2) is 5.49. The number of hydrogen-bond acceptors (Lipinski definition) is 1. The molecule has 6 heteroatoms. The average Bonchev–Trinajstić information content (AvgIpc) is 1.85. The van der Waals surface area contributed by atoms with E-state index in [1.165, 1.54) is 0 Å². The van der Waals surface area contributed by atoms with E-state index in [0.29, 0.717) is 0 Å².